The zero-order valence-electron chi connectivity index (χ0n) is 14.5. The minimum atomic E-state index is 0.194. The summed E-state index contributed by atoms with van der Waals surface area (Å²) >= 11 is 1.76. The average Bonchev–Trinajstić information content (AvgIpc) is 3.04. The molecule has 0 aliphatic carbocycles. The quantitative estimate of drug-likeness (QED) is 0.473. The van der Waals surface area contributed by atoms with Crippen LogP contribution in [0, 0.1) is 0 Å². The molecule has 5 nitrogen and oxygen atoms in total. The van der Waals surface area contributed by atoms with Crippen molar-refractivity contribution in [3.63, 3.8) is 0 Å². The van der Waals surface area contributed by atoms with Crippen molar-refractivity contribution in [2.45, 2.75) is 18.2 Å². The van der Waals surface area contributed by atoms with E-state index in [4.69, 9.17) is 9.84 Å². The number of aliphatic hydroxyl groups excluding tert-OH is 1. The van der Waals surface area contributed by atoms with Crippen molar-refractivity contribution in [2.75, 3.05) is 31.3 Å². The largest absolute Gasteiger partial charge is 0.495 e. The van der Waals surface area contributed by atoms with Crippen molar-refractivity contribution in [1.82, 2.24) is 9.38 Å². The van der Waals surface area contributed by atoms with Gasteiger partial charge in [-0.3, -0.25) is 4.40 Å². The number of aliphatic hydroxyl groups is 1. The number of imidazole rings is 1. The highest BCUT2D eigenvalue weighted by atomic mass is 32.2. The van der Waals surface area contributed by atoms with Gasteiger partial charge in [0.15, 0.2) is 0 Å². The fraction of sp³-hybridized carbons (Fsp3) is 0.316. The number of anilines is 1. The Morgan fingerprint density at radius 1 is 1.32 bits per heavy atom. The number of rotatable bonds is 8. The number of methoxy groups -OCH3 is 1. The van der Waals surface area contributed by atoms with Crippen molar-refractivity contribution in [3.8, 4) is 17.0 Å². The van der Waals surface area contributed by atoms with Crippen molar-refractivity contribution in [3.05, 3.63) is 42.7 Å². The fourth-order valence-corrected chi connectivity index (χ4v) is 3.50. The van der Waals surface area contributed by atoms with Gasteiger partial charge in [-0.1, -0.05) is 19.1 Å². The predicted octanol–water partition coefficient (Wildman–Crippen LogP) is 3.92. The van der Waals surface area contributed by atoms with Gasteiger partial charge in [-0.15, -0.1) is 11.8 Å². The first-order valence-electron chi connectivity index (χ1n) is 8.40. The smallest absolute Gasteiger partial charge is 0.140 e. The van der Waals surface area contributed by atoms with Crippen LogP contribution in [0.5, 0.6) is 5.75 Å². The number of hydrogen-bond acceptors (Lipinski definition) is 5. The number of nitrogens with one attached hydrogen (secondary N) is 1. The van der Waals surface area contributed by atoms with Crippen LogP contribution in [0.25, 0.3) is 16.9 Å². The van der Waals surface area contributed by atoms with Crippen molar-refractivity contribution in [1.29, 1.82) is 0 Å². The number of nitrogens with zero attached hydrogens (tertiary/aromatic N) is 2. The van der Waals surface area contributed by atoms with E-state index in [2.05, 4.69) is 40.0 Å². The van der Waals surface area contributed by atoms with Crippen LogP contribution in [-0.4, -0.2) is 40.5 Å². The maximum Gasteiger partial charge on any atom is 0.140 e. The third-order valence-corrected chi connectivity index (χ3v) is 4.82. The molecular formula is C19H23N3O2S. The summed E-state index contributed by atoms with van der Waals surface area (Å²) in [5.74, 6) is 1.84. The fourth-order valence-electron chi connectivity index (χ4n) is 2.72. The molecule has 0 atom stereocenters. The molecule has 2 aromatic heterocycles. The lowest BCUT2D eigenvalue weighted by molar-refractivity contribution is 0.292. The summed E-state index contributed by atoms with van der Waals surface area (Å²) in [6.45, 7) is 3.08. The van der Waals surface area contributed by atoms with E-state index < -0.39 is 0 Å². The molecule has 132 valence electrons. The number of fused-ring (bicyclic) bond motifs is 1. The second-order valence-electron chi connectivity index (χ2n) is 5.60. The molecule has 25 heavy (non-hydrogen) atoms. The van der Waals surface area contributed by atoms with Gasteiger partial charge in [0.05, 0.1) is 23.9 Å². The zero-order chi connectivity index (χ0) is 17.6. The van der Waals surface area contributed by atoms with Crippen LogP contribution >= 0.6 is 11.8 Å². The normalized spacial score (nSPS) is 11.0. The molecule has 1 aromatic carbocycles. The number of thioether (sulfide) groups is 1. The highest BCUT2D eigenvalue weighted by Crippen LogP contribution is 2.32. The molecule has 0 fully saturated rings. The van der Waals surface area contributed by atoms with Crippen molar-refractivity contribution < 1.29 is 9.84 Å². The summed E-state index contributed by atoms with van der Waals surface area (Å²) < 4.78 is 7.59. The van der Waals surface area contributed by atoms with Gasteiger partial charge in [-0.25, -0.2) is 4.98 Å². The van der Waals surface area contributed by atoms with E-state index in [1.165, 1.54) is 0 Å². The van der Waals surface area contributed by atoms with Gasteiger partial charge in [0.25, 0.3) is 0 Å². The summed E-state index contributed by atoms with van der Waals surface area (Å²) in [5.41, 5.74) is 4.05. The van der Waals surface area contributed by atoms with Crippen LogP contribution < -0.4 is 10.1 Å². The number of ether oxygens (including phenoxy) is 1. The minimum Gasteiger partial charge on any atom is -0.495 e. The Balaban J connectivity index is 1.98. The monoisotopic (exact) mass is 357 g/mol. The lowest BCUT2D eigenvalue weighted by atomic mass is 10.1. The molecule has 2 N–H and O–H groups in total. The summed E-state index contributed by atoms with van der Waals surface area (Å²) in [6, 6.07) is 10.2. The molecule has 6 heteroatoms. The third kappa shape index (κ3) is 3.91. The van der Waals surface area contributed by atoms with Crippen molar-refractivity contribution >= 4 is 23.1 Å². The molecule has 0 unspecified atom stereocenters. The molecule has 0 aliphatic heterocycles. The lowest BCUT2D eigenvalue weighted by Crippen LogP contribution is -2.03. The van der Waals surface area contributed by atoms with E-state index in [0.29, 0.717) is 0 Å². The van der Waals surface area contributed by atoms with Crippen LogP contribution in [0.1, 0.15) is 13.3 Å². The highest BCUT2D eigenvalue weighted by molar-refractivity contribution is 7.99. The Kier molecular flexibility index (Phi) is 5.83. The second-order valence-corrected chi connectivity index (χ2v) is 6.90. The van der Waals surface area contributed by atoms with Crippen LogP contribution in [-0.2, 0) is 0 Å². The maximum absolute atomic E-state index is 8.92. The summed E-state index contributed by atoms with van der Waals surface area (Å²) in [7, 11) is 1.69. The molecule has 0 saturated heterocycles. The van der Waals surface area contributed by atoms with E-state index in [1.807, 2.05) is 24.4 Å². The van der Waals surface area contributed by atoms with Gasteiger partial charge >= 0.3 is 0 Å². The van der Waals surface area contributed by atoms with Crippen LogP contribution in [0.15, 0.2) is 47.6 Å². The first kappa shape index (κ1) is 17.6. The highest BCUT2D eigenvalue weighted by Gasteiger charge is 2.11. The van der Waals surface area contributed by atoms with E-state index in [0.717, 1.165) is 52.0 Å². The molecule has 0 aliphatic rings. The average molecular weight is 357 g/mol. The number of aromatic nitrogens is 2. The first-order chi connectivity index (χ1) is 12.3. The molecule has 0 saturated carbocycles. The van der Waals surface area contributed by atoms with Crippen molar-refractivity contribution in [2.24, 2.45) is 0 Å². The number of benzene rings is 1. The third-order valence-electron chi connectivity index (χ3n) is 3.92. The van der Waals surface area contributed by atoms with Gasteiger partial charge in [0.2, 0.25) is 0 Å². The van der Waals surface area contributed by atoms with Crippen LogP contribution in [0.3, 0.4) is 0 Å². The van der Waals surface area contributed by atoms with Gasteiger partial charge in [-0.2, -0.15) is 0 Å². The molecule has 2 heterocycles. The Labute approximate surface area is 152 Å². The Hall–Kier alpha value is -2.18. The first-order valence-corrected chi connectivity index (χ1v) is 9.38. The predicted molar refractivity (Wildman–Crippen MR) is 104 cm³/mol. The van der Waals surface area contributed by atoms with Gasteiger partial charge in [-0.05, 0) is 24.3 Å². The molecule has 0 spiro atoms. The van der Waals surface area contributed by atoms with E-state index in [9.17, 15) is 0 Å². The molecule has 0 radical (unpaired) electrons. The van der Waals surface area contributed by atoms with Gasteiger partial charge < -0.3 is 15.2 Å². The van der Waals surface area contributed by atoms with E-state index in [-0.39, 0.29) is 6.61 Å². The maximum atomic E-state index is 8.92. The molecule has 3 rings (SSSR count). The standard InChI is InChI=1S/C19H23N3O2S/c1-3-25-18-13-22-16(12-21-19(22)11-17(18)24-2)14-6-4-7-15(10-14)20-8-5-9-23/h4,6-7,10-13,20,23H,3,5,8-9H2,1-2H3. The van der Waals surface area contributed by atoms with Crippen LogP contribution in [0.2, 0.25) is 0 Å². The minimum absolute atomic E-state index is 0.194. The topological polar surface area (TPSA) is 58.8 Å². The van der Waals surface area contributed by atoms with Crippen LogP contribution in [0.4, 0.5) is 5.69 Å². The SMILES string of the molecule is CCSc1cn2c(-c3cccc(NCCCO)c3)cnc2cc1OC. The van der Waals surface area contributed by atoms with Gasteiger partial charge in [0, 0.05) is 36.7 Å². The van der Waals surface area contributed by atoms with E-state index in [1.54, 1.807) is 18.9 Å². The molecule has 3 aromatic rings. The zero-order valence-corrected chi connectivity index (χ0v) is 15.3. The second kappa shape index (κ2) is 8.27. The Bertz CT molecular complexity index is 848. The summed E-state index contributed by atoms with van der Waals surface area (Å²) in [6.07, 6.45) is 4.72. The van der Waals surface area contributed by atoms with Gasteiger partial charge in [0.1, 0.15) is 11.4 Å². The number of pyridine rings is 1. The molecule has 0 amide bonds. The Morgan fingerprint density at radius 3 is 2.96 bits per heavy atom. The lowest BCUT2D eigenvalue weighted by Gasteiger charge is -2.11. The summed E-state index contributed by atoms with van der Waals surface area (Å²) in [5, 5.41) is 12.2. The Morgan fingerprint density at radius 2 is 2.20 bits per heavy atom. The molecular weight excluding hydrogens is 334 g/mol. The molecule has 0 bridgehead atoms. The number of hydrogen-bond donors (Lipinski definition) is 2. The summed E-state index contributed by atoms with van der Waals surface area (Å²) in [4.78, 5) is 5.64. The van der Waals surface area contributed by atoms with E-state index >= 15 is 0 Å².